The maximum absolute atomic E-state index is 13.4. The topological polar surface area (TPSA) is 90.0 Å². The van der Waals surface area contributed by atoms with E-state index < -0.39 is 28.1 Å². The Morgan fingerprint density at radius 3 is 2.69 bits per heavy atom. The highest BCUT2D eigenvalue weighted by molar-refractivity contribution is 7.89. The van der Waals surface area contributed by atoms with Crippen LogP contribution in [0.15, 0.2) is 29.2 Å². The van der Waals surface area contributed by atoms with E-state index in [-0.39, 0.29) is 33.9 Å². The molecule has 1 aromatic carbocycles. The molecule has 158 valence electrons. The van der Waals surface area contributed by atoms with Gasteiger partial charge in [-0.15, -0.1) is 0 Å². The Morgan fingerprint density at radius 1 is 1.24 bits per heavy atom. The summed E-state index contributed by atoms with van der Waals surface area (Å²) in [6.45, 7) is 7.25. The zero-order valence-corrected chi connectivity index (χ0v) is 17.8. The van der Waals surface area contributed by atoms with Crippen LogP contribution in [0.2, 0.25) is 0 Å². The van der Waals surface area contributed by atoms with Gasteiger partial charge in [0.15, 0.2) is 0 Å². The van der Waals surface area contributed by atoms with Crippen molar-refractivity contribution in [2.75, 3.05) is 13.2 Å². The van der Waals surface area contributed by atoms with Gasteiger partial charge in [-0.2, -0.15) is 4.31 Å². The fourth-order valence-electron chi connectivity index (χ4n) is 5.39. The molecule has 29 heavy (non-hydrogen) atoms. The van der Waals surface area contributed by atoms with Crippen LogP contribution < -0.4 is 0 Å². The number of hydrogen-bond donors (Lipinski definition) is 0. The number of cyclic esters (lactones) is 1. The van der Waals surface area contributed by atoms with Gasteiger partial charge < -0.3 is 9.47 Å². The van der Waals surface area contributed by atoms with E-state index in [0.717, 1.165) is 19.3 Å². The molecule has 7 nitrogen and oxygen atoms in total. The molecular formula is C21H27NO6S. The van der Waals surface area contributed by atoms with Gasteiger partial charge in [-0.1, -0.05) is 26.8 Å². The molecule has 2 saturated heterocycles. The summed E-state index contributed by atoms with van der Waals surface area (Å²) in [5.74, 6) is -1.29. The fourth-order valence-corrected chi connectivity index (χ4v) is 7.21. The lowest BCUT2D eigenvalue weighted by Crippen LogP contribution is -2.37. The van der Waals surface area contributed by atoms with Crippen molar-refractivity contribution in [1.82, 2.24) is 4.31 Å². The number of hydrogen-bond acceptors (Lipinski definition) is 6. The Morgan fingerprint density at radius 2 is 2.00 bits per heavy atom. The molecule has 1 aromatic rings. The lowest BCUT2D eigenvalue weighted by Gasteiger charge is -2.39. The predicted octanol–water partition coefficient (Wildman–Crippen LogP) is 2.75. The van der Waals surface area contributed by atoms with Crippen LogP contribution in [0.5, 0.6) is 0 Å². The van der Waals surface area contributed by atoms with E-state index in [0.29, 0.717) is 13.0 Å². The molecule has 0 unspecified atom stereocenters. The Labute approximate surface area is 171 Å². The van der Waals surface area contributed by atoms with Crippen molar-refractivity contribution >= 4 is 22.0 Å². The number of rotatable bonds is 4. The highest BCUT2D eigenvalue weighted by Gasteiger charge is 2.53. The quantitative estimate of drug-likeness (QED) is 0.695. The van der Waals surface area contributed by atoms with Crippen LogP contribution >= 0.6 is 0 Å². The molecule has 0 N–H and O–H groups in total. The maximum atomic E-state index is 13.4. The van der Waals surface area contributed by atoms with E-state index in [2.05, 4.69) is 20.8 Å². The van der Waals surface area contributed by atoms with E-state index in [9.17, 15) is 18.0 Å². The van der Waals surface area contributed by atoms with Crippen molar-refractivity contribution in [3.05, 3.63) is 29.8 Å². The van der Waals surface area contributed by atoms with Crippen molar-refractivity contribution in [1.29, 1.82) is 0 Å². The summed E-state index contributed by atoms with van der Waals surface area (Å²) in [6.07, 6.45) is 2.07. The third kappa shape index (κ3) is 3.80. The highest BCUT2D eigenvalue weighted by Crippen LogP contribution is 2.53. The first-order valence-electron chi connectivity index (χ1n) is 9.99. The largest absolute Gasteiger partial charge is 0.463 e. The van der Waals surface area contributed by atoms with Crippen LogP contribution in [0.3, 0.4) is 0 Å². The number of esters is 2. The van der Waals surface area contributed by atoms with Crippen molar-refractivity contribution in [3.8, 4) is 0 Å². The number of nitrogens with zero attached hydrogens (tertiary/aromatic N) is 1. The Bertz CT molecular complexity index is 956. The molecule has 0 spiro atoms. The molecule has 3 aliphatic rings. The summed E-state index contributed by atoms with van der Waals surface area (Å²) in [4.78, 5) is 24.0. The number of sulfonamides is 1. The summed E-state index contributed by atoms with van der Waals surface area (Å²) < 4.78 is 38.4. The summed E-state index contributed by atoms with van der Waals surface area (Å²) in [7, 11) is -3.74. The van der Waals surface area contributed by atoms with E-state index in [4.69, 9.17) is 9.47 Å². The van der Waals surface area contributed by atoms with Gasteiger partial charge in [0.25, 0.3) is 0 Å². The number of ether oxygens (including phenoxy) is 2. The number of carbonyl (C=O) groups excluding carboxylic acids is 2. The molecule has 2 aliphatic heterocycles. The molecule has 0 aromatic heterocycles. The van der Waals surface area contributed by atoms with E-state index >= 15 is 0 Å². The lowest BCUT2D eigenvalue weighted by atomic mass is 9.65. The molecule has 0 radical (unpaired) electrons. The smallest absolute Gasteiger partial charge is 0.347 e. The van der Waals surface area contributed by atoms with Crippen molar-refractivity contribution in [3.63, 3.8) is 0 Å². The standard InChI is InChI=1S/C21H27NO6S/c1-20(2)10-15-11-21(3,12-20)13-22(15)29(25,26)16-6-4-5-14(9-16)18(23)28-17-7-8-27-19(17)24/h4-6,9,15,17H,7-8,10-13H2,1-3H3/t15-,17-,21-/m1/s1. The van der Waals surface area contributed by atoms with Gasteiger partial charge in [-0.25, -0.2) is 18.0 Å². The van der Waals surface area contributed by atoms with Crippen LogP contribution in [0.4, 0.5) is 0 Å². The molecular weight excluding hydrogens is 394 g/mol. The van der Waals surface area contributed by atoms with Gasteiger partial charge in [0, 0.05) is 19.0 Å². The SMILES string of the molecule is CC1(C)C[C@@H]2C[C@@](C)(CN2S(=O)(=O)c2cccc(C(=O)O[C@@H]3CCOC3=O)c2)C1. The molecule has 4 rings (SSSR count). The summed E-state index contributed by atoms with van der Waals surface area (Å²) in [5.41, 5.74) is 0.182. The van der Waals surface area contributed by atoms with Gasteiger partial charge in [0.1, 0.15) is 0 Å². The Hall–Kier alpha value is -1.93. The number of fused-ring (bicyclic) bond motifs is 2. The fraction of sp³-hybridized carbons (Fsp3) is 0.619. The first-order chi connectivity index (χ1) is 13.5. The van der Waals surface area contributed by atoms with Crippen molar-refractivity contribution in [2.45, 2.75) is 63.5 Å². The predicted molar refractivity (Wildman–Crippen MR) is 105 cm³/mol. The van der Waals surface area contributed by atoms with E-state index in [1.165, 1.54) is 24.3 Å². The minimum atomic E-state index is -3.74. The van der Waals surface area contributed by atoms with Crippen LogP contribution in [-0.4, -0.2) is 50.0 Å². The minimum absolute atomic E-state index is 0.0289. The molecule has 3 fully saturated rings. The van der Waals surface area contributed by atoms with Gasteiger partial charge in [0.05, 0.1) is 17.1 Å². The number of benzene rings is 1. The second-order valence-corrected chi connectivity index (χ2v) is 11.5. The third-order valence-corrected chi connectivity index (χ3v) is 8.07. The van der Waals surface area contributed by atoms with Crippen molar-refractivity contribution in [2.24, 2.45) is 10.8 Å². The van der Waals surface area contributed by atoms with Gasteiger partial charge in [-0.05, 0) is 48.3 Å². The third-order valence-electron chi connectivity index (χ3n) is 6.18. The monoisotopic (exact) mass is 421 g/mol. The Balaban J connectivity index is 1.57. The normalized spacial score (nSPS) is 31.5. The molecule has 1 saturated carbocycles. The molecule has 2 bridgehead atoms. The summed E-state index contributed by atoms with van der Waals surface area (Å²) in [5, 5.41) is 0. The molecule has 0 amide bonds. The van der Waals surface area contributed by atoms with Crippen molar-refractivity contribution < 1.29 is 27.5 Å². The second kappa shape index (κ2) is 6.80. The molecule has 1 aliphatic carbocycles. The van der Waals surface area contributed by atoms with Crippen LogP contribution in [-0.2, 0) is 24.3 Å². The number of carbonyl (C=O) groups is 2. The molecule has 2 heterocycles. The van der Waals surface area contributed by atoms with E-state index in [1.807, 2.05) is 0 Å². The van der Waals surface area contributed by atoms with E-state index in [1.54, 1.807) is 4.31 Å². The van der Waals surface area contributed by atoms with Crippen LogP contribution in [0.1, 0.15) is 56.8 Å². The van der Waals surface area contributed by atoms with Gasteiger partial charge in [0.2, 0.25) is 16.1 Å². The first-order valence-corrected chi connectivity index (χ1v) is 11.4. The molecule has 8 heteroatoms. The average molecular weight is 422 g/mol. The highest BCUT2D eigenvalue weighted by atomic mass is 32.2. The minimum Gasteiger partial charge on any atom is -0.463 e. The average Bonchev–Trinajstić information content (AvgIpc) is 3.14. The maximum Gasteiger partial charge on any atom is 0.347 e. The first kappa shape index (κ1) is 20.3. The summed E-state index contributed by atoms with van der Waals surface area (Å²) >= 11 is 0. The summed E-state index contributed by atoms with van der Waals surface area (Å²) in [6, 6.07) is 5.84. The van der Waals surface area contributed by atoms with Gasteiger partial charge in [-0.3, -0.25) is 0 Å². The van der Waals surface area contributed by atoms with Crippen LogP contribution in [0, 0.1) is 10.8 Å². The Kier molecular flexibility index (Phi) is 4.77. The van der Waals surface area contributed by atoms with Crippen LogP contribution in [0.25, 0.3) is 0 Å². The lowest BCUT2D eigenvalue weighted by molar-refractivity contribution is -0.145. The second-order valence-electron chi connectivity index (χ2n) is 9.64. The zero-order chi connectivity index (χ0) is 21.0. The zero-order valence-electron chi connectivity index (χ0n) is 17.0. The van der Waals surface area contributed by atoms with Gasteiger partial charge >= 0.3 is 11.9 Å². The molecule has 3 atom stereocenters.